The molecule has 0 atom stereocenters. The van der Waals surface area contributed by atoms with Crippen molar-refractivity contribution < 1.29 is 0 Å². The minimum atomic E-state index is 1.08. The first kappa shape index (κ1) is 34.8. The highest BCUT2D eigenvalue weighted by Gasteiger charge is 2.22. The van der Waals surface area contributed by atoms with E-state index in [-0.39, 0.29) is 0 Å². The monoisotopic (exact) mass is 743 g/mol. The van der Waals surface area contributed by atoms with Crippen LogP contribution in [-0.4, -0.2) is 4.57 Å². The molecule has 276 valence electrons. The van der Waals surface area contributed by atoms with E-state index in [1.807, 2.05) is 0 Å². The Morgan fingerprint density at radius 1 is 0.310 bits per heavy atom. The molecule has 0 saturated carbocycles. The van der Waals surface area contributed by atoms with Crippen LogP contribution in [0.4, 0.5) is 34.1 Å². The van der Waals surface area contributed by atoms with Crippen LogP contribution < -0.4 is 9.80 Å². The highest BCUT2D eigenvalue weighted by Crippen LogP contribution is 2.45. The van der Waals surface area contributed by atoms with Crippen LogP contribution in [0.2, 0.25) is 0 Å². The second-order valence-corrected chi connectivity index (χ2v) is 14.7. The fourth-order valence-electron chi connectivity index (χ4n) is 8.39. The third-order valence-corrected chi connectivity index (χ3v) is 11.1. The Labute approximate surface area is 339 Å². The van der Waals surface area contributed by atoms with Crippen molar-refractivity contribution in [3.8, 4) is 27.9 Å². The lowest BCUT2D eigenvalue weighted by atomic mass is 9.98. The van der Waals surface area contributed by atoms with E-state index in [1.165, 1.54) is 44.1 Å². The molecular weight excluding hydrogens is 703 g/mol. The molecule has 1 heterocycles. The summed E-state index contributed by atoms with van der Waals surface area (Å²) >= 11 is 0. The molecule has 0 aliphatic heterocycles. The van der Waals surface area contributed by atoms with E-state index >= 15 is 0 Å². The number of nitrogens with zero attached hydrogens (tertiary/aromatic N) is 3. The van der Waals surface area contributed by atoms with E-state index in [9.17, 15) is 0 Å². The lowest BCUT2D eigenvalue weighted by Crippen LogP contribution is -2.15. The molecule has 0 unspecified atom stereocenters. The quantitative estimate of drug-likeness (QED) is 0.146. The number of anilines is 6. The van der Waals surface area contributed by atoms with Gasteiger partial charge in [0, 0.05) is 39.2 Å². The van der Waals surface area contributed by atoms with Crippen LogP contribution in [0.25, 0.3) is 49.7 Å². The third kappa shape index (κ3) is 6.39. The second-order valence-electron chi connectivity index (χ2n) is 14.7. The van der Waals surface area contributed by atoms with Gasteiger partial charge in [0.15, 0.2) is 0 Å². The van der Waals surface area contributed by atoms with Gasteiger partial charge in [0.25, 0.3) is 0 Å². The summed E-state index contributed by atoms with van der Waals surface area (Å²) in [5, 5.41) is 2.43. The zero-order valence-corrected chi connectivity index (χ0v) is 32.3. The van der Waals surface area contributed by atoms with Gasteiger partial charge in [0.05, 0.1) is 22.4 Å². The first-order chi connectivity index (χ1) is 28.7. The zero-order valence-electron chi connectivity index (χ0n) is 32.3. The van der Waals surface area contributed by atoms with Crippen LogP contribution in [0.5, 0.6) is 0 Å². The standard InChI is InChI=1S/C55H41N3/c1-40-52(56(45-24-11-4-12-25-45)46-26-13-5-14-27-46)32-19-33-53(40)57(47-28-15-6-16-29-47)48-34-35-51-50-30-17-18-31-54(50)58(55(51)39-48)49-37-43(41-20-7-2-8-21-41)36-44(38-49)42-22-9-3-10-23-42/h2-39H,1H3. The molecule has 3 heteroatoms. The molecule has 58 heavy (non-hydrogen) atoms. The first-order valence-electron chi connectivity index (χ1n) is 19.9. The van der Waals surface area contributed by atoms with E-state index in [1.54, 1.807) is 0 Å². The molecule has 0 spiro atoms. The van der Waals surface area contributed by atoms with Gasteiger partial charge in [0.1, 0.15) is 0 Å². The van der Waals surface area contributed by atoms with Crippen LogP contribution >= 0.6 is 0 Å². The van der Waals surface area contributed by atoms with E-state index < -0.39 is 0 Å². The highest BCUT2D eigenvalue weighted by atomic mass is 15.2. The summed E-state index contributed by atoms with van der Waals surface area (Å²) in [6.45, 7) is 2.25. The normalized spacial score (nSPS) is 11.2. The third-order valence-electron chi connectivity index (χ3n) is 11.1. The Hall–Kier alpha value is -7.62. The van der Waals surface area contributed by atoms with Crippen molar-refractivity contribution in [3.63, 3.8) is 0 Å². The molecule has 0 radical (unpaired) electrons. The minimum Gasteiger partial charge on any atom is -0.310 e. The van der Waals surface area contributed by atoms with Gasteiger partial charge in [-0.1, -0.05) is 146 Å². The molecule has 1 aromatic heterocycles. The number of benzene rings is 9. The summed E-state index contributed by atoms with van der Waals surface area (Å²) in [6.07, 6.45) is 0. The summed E-state index contributed by atoms with van der Waals surface area (Å²) in [4.78, 5) is 4.76. The van der Waals surface area contributed by atoms with Crippen molar-refractivity contribution in [2.45, 2.75) is 6.92 Å². The van der Waals surface area contributed by atoms with Gasteiger partial charge in [-0.15, -0.1) is 0 Å². The summed E-state index contributed by atoms with van der Waals surface area (Å²) in [5.74, 6) is 0. The summed E-state index contributed by atoms with van der Waals surface area (Å²) in [5.41, 5.74) is 16.0. The van der Waals surface area contributed by atoms with Gasteiger partial charge < -0.3 is 14.4 Å². The van der Waals surface area contributed by atoms with Gasteiger partial charge in [-0.2, -0.15) is 0 Å². The van der Waals surface area contributed by atoms with Gasteiger partial charge in [0.2, 0.25) is 0 Å². The smallest absolute Gasteiger partial charge is 0.0561 e. The summed E-state index contributed by atoms with van der Waals surface area (Å²) < 4.78 is 2.45. The largest absolute Gasteiger partial charge is 0.310 e. The molecule has 0 bridgehead atoms. The van der Waals surface area contributed by atoms with Gasteiger partial charge >= 0.3 is 0 Å². The molecule has 9 aromatic carbocycles. The number of aromatic nitrogens is 1. The molecule has 0 aliphatic carbocycles. The topological polar surface area (TPSA) is 11.4 Å². The van der Waals surface area contributed by atoms with Crippen molar-refractivity contribution >= 4 is 55.9 Å². The van der Waals surface area contributed by atoms with Crippen LogP contribution in [0.3, 0.4) is 0 Å². The van der Waals surface area contributed by atoms with Crippen molar-refractivity contribution in [1.82, 2.24) is 4.57 Å². The highest BCUT2D eigenvalue weighted by molar-refractivity contribution is 6.10. The van der Waals surface area contributed by atoms with Crippen molar-refractivity contribution in [2.75, 3.05) is 9.80 Å². The Balaban J connectivity index is 1.20. The van der Waals surface area contributed by atoms with Crippen molar-refractivity contribution in [2.24, 2.45) is 0 Å². The fraction of sp³-hybridized carbons (Fsp3) is 0.0182. The Bertz CT molecular complexity index is 2900. The predicted octanol–water partition coefficient (Wildman–Crippen LogP) is 15.4. The van der Waals surface area contributed by atoms with Crippen LogP contribution in [0, 0.1) is 6.92 Å². The predicted molar refractivity (Wildman–Crippen MR) is 246 cm³/mol. The Morgan fingerprint density at radius 2 is 0.741 bits per heavy atom. The average molecular weight is 744 g/mol. The fourth-order valence-corrected chi connectivity index (χ4v) is 8.39. The van der Waals surface area contributed by atoms with E-state index in [4.69, 9.17) is 0 Å². The molecule has 3 nitrogen and oxygen atoms in total. The van der Waals surface area contributed by atoms with Crippen LogP contribution in [0.15, 0.2) is 231 Å². The lowest BCUT2D eigenvalue weighted by Gasteiger charge is -2.32. The van der Waals surface area contributed by atoms with Gasteiger partial charge in [-0.05, 0) is 120 Å². The summed E-state index contributed by atoms with van der Waals surface area (Å²) in [6, 6.07) is 82.8. The number of para-hydroxylation sites is 4. The van der Waals surface area contributed by atoms with E-state index in [0.29, 0.717) is 0 Å². The van der Waals surface area contributed by atoms with Gasteiger partial charge in [-0.25, -0.2) is 0 Å². The Kier molecular flexibility index (Phi) is 9.09. The van der Waals surface area contributed by atoms with Gasteiger partial charge in [-0.3, -0.25) is 0 Å². The second kappa shape index (κ2) is 15.1. The molecule has 0 aliphatic rings. The average Bonchev–Trinajstić information content (AvgIpc) is 3.63. The number of rotatable bonds is 9. The van der Waals surface area contributed by atoms with Crippen molar-refractivity contribution in [3.05, 3.63) is 236 Å². The number of hydrogen-bond acceptors (Lipinski definition) is 2. The first-order valence-corrected chi connectivity index (χ1v) is 19.9. The van der Waals surface area contributed by atoms with Crippen LogP contribution in [-0.2, 0) is 0 Å². The SMILES string of the molecule is Cc1c(N(c2ccccc2)c2ccccc2)cccc1N(c1ccccc1)c1ccc2c3ccccc3n(-c3cc(-c4ccccc4)cc(-c4ccccc4)c3)c2c1. The Morgan fingerprint density at radius 3 is 1.26 bits per heavy atom. The maximum Gasteiger partial charge on any atom is 0.0561 e. The van der Waals surface area contributed by atoms with Crippen molar-refractivity contribution in [1.29, 1.82) is 0 Å². The molecule has 10 aromatic rings. The van der Waals surface area contributed by atoms with Crippen LogP contribution in [0.1, 0.15) is 5.56 Å². The maximum atomic E-state index is 2.45. The number of hydrogen-bond donors (Lipinski definition) is 0. The molecule has 0 saturated heterocycles. The maximum absolute atomic E-state index is 2.45. The lowest BCUT2D eigenvalue weighted by molar-refractivity contribution is 1.17. The van der Waals surface area contributed by atoms with E-state index in [2.05, 4.69) is 252 Å². The molecule has 0 N–H and O–H groups in total. The van der Waals surface area contributed by atoms with E-state index in [0.717, 1.165) is 45.3 Å². The molecule has 0 amide bonds. The minimum absolute atomic E-state index is 1.08. The molecule has 0 fully saturated rings. The molecule has 10 rings (SSSR count). The number of fused-ring (bicyclic) bond motifs is 3. The summed E-state index contributed by atoms with van der Waals surface area (Å²) in [7, 11) is 0. The molecular formula is C55H41N3. The zero-order chi connectivity index (χ0) is 38.8.